The van der Waals surface area contributed by atoms with Crippen molar-refractivity contribution in [2.75, 3.05) is 14.2 Å². The Morgan fingerprint density at radius 3 is 2.23 bits per heavy atom. The SMILES string of the molecule is COc1cc(OC)cc(-c2cc3cnccc3n2-c2ccc(Cl)cc2)c1. The van der Waals surface area contributed by atoms with Gasteiger partial charge in [-0.25, -0.2) is 0 Å². The van der Waals surface area contributed by atoms with Crippen LogP contribution in [0.2, 0.25) is 5.02 Å². The van der Waals surface area contributed by atoms with Gasteiger partial charge in [-0.3, -0.25) is 4.98 Å². The molecule has 4 nitrogen and oxygen atoms in total. The predicted octanol–water partition coefficient (Wildman–Crippen LogP) is 5.36. The summed E-state index contributed by atoms with van der Waals surface area (Å²) < 4.78 is 13.1. The number of hydrogen-bond acceptors (Lipinski definition) is 3. The zero-order chi connectivity index (χ0) is 18.1. The minimum atomic E-state index is 0.705. The molecule has 2 aromatic heterocycles. The molecule has 0 N–H and O–H groups in total. The molecule has 0 aliphatic heterocycles. The van der Waals surface area contributed by atoms with Crippen LogP contribution in [0.25, 0.3) is 27.8 Å². The third-order valence-corrected chi connectivity index (χ3v) is 4.59. The molecule has 0 radical (unpaired) electrons. The number of methoxy groups -OCH3 is 2. The molecule has 0 saturated heterocycles. The van der Waals surface area contributed by atoms with E-state index in [4.69, 9.17) is 21.1 Å². The Kier molecular flexibility index (Phi) is 4.27. The Hall–Kier alpha value is -2.98. The number of rotatable bonds is 4. The van der Waals surface area contributed by atoms with Gasteiger partial charge in [0.2, 0.25) is 0 Å². The molecule has 2 aromatic carbocycles. The van der Waals surface area contributed by atoms with Gasteiger partial charge in [-0.1, -0.05) is 11.6 Å². The molecule has 130 valence electrons. The van der Waals surface area contributed by atoms with E-state index in [0.717, 1.165) is 39.3 Å². The van der Waals surface area contributed by atoms with Gasteiger partial charge in [-0.2, -0.15) is 0 Å². The molecule has 4 aromatic rings. The van der Waals surface area contributed by atoms with Crippen LogP contribution in [-0.4, -0.2) is 23.8 Å². The number of pyridine rings is 1. The molecule has 0 spiro atoms. The zero-order valence-electron chi connectivity index (χ0n) is 14.4. The summed E-state index contributed by atoms with van der Waals surface area (Å²) >= 11 is 6.07. The Labute approximate surface area is 156 Å². The zero-order valence-corrected chi connectivity index (χ0v) is 15.2. The smallest absolute Gasteiger partial charge is 0.123 e. The summed E-state index contributed by atoms with van der Waals surface area (Å²) in [4.78, 5) is 4.25. The molecule has 0 saturated carbocycles. The van der Waals surface area contributed by atoms with Crippen LogP contribution >= 0.6 is 11.6 Å². The quantitative estimate of drug-likeness (QED) is 0.489. The van der Waals surface area contributed by atoms with Crippen molar-refractivity contribution in [3.05, 3.63) is 72.0 Å². The van der Waals surface area contributed by atoms with Crippen LogP contribution in [0.15, 0.2) is 67.0 Å². The van der Waals surface area contributed by atoms with Crippen LogP contribution < -0.4 is 9.47 Å². The second kappa shape index (κ2) is 6.73. The maximum atomic E-state index is 6.07. The molecular formula is C21H17ClN2O2. The van der Waals surface area contributed by atoms with E-state index >= 15 is 0 Å². The maximum Gasteiger partial charge on any atom is 0.123 e. The van der Waals surface area contributed by atoms with Gasteiger partial charge >= 0.3 is 0 Å². The molecule has 0 bridgehead atoms. The monoisotopic (exact) mass is 364 g/mol. The van der Waals surface area contributed by atoms with E-state index in [0.29, 0.717) is 5.02 Å². The van der Waals surface area contributed by atoms with Gasteiger partial charge in [0.05, 0.1) is 25.4 Å². The van der Waals surface area contributed by atoms with Crippen LogP contribution in [0.3, 0.4) is 0 Å². The average Bonchev–Trinajstić information content (AvgIpc) is 3.08. The van der Waals surface area contributed by atoms with Crippen molar-refractivity contribution in [3.63, 3.8) is 0 Å². The van der Waals surface area contributed by atoms with Gasteiger partial charge in [0.15, 0.2) is 0 Å². The fourth-order valence-electron chi connectivity index (χ4n) is 3.09. The van der Waals surface area contributed by atoms with Crippen molar-refractivity contribution in [1.29, 1.82) is 0 Å². The lowest BCUT2D eigenvalue weighted by Crippen LogP contribution is -1.97. The van der Waals surface area contributed by atoms with Crippen molar-refractivity contribution >= 4 is 22.5 Å². The topological polar surface area (TPSA) is 36.3 Å². The first kappa shape index (κ1) is 16.5. The highest BCUT2D eigenvalue weighted by Crippen LogP contribution is 2.35. The molecule has 0 amide bonds. The number of fused-ring (bicyclic) bond motifs is 1. The van der Waals surface area contributed by atoms with E-state index in [1.165, 1.54) is 0 Å². The van der Waals surface area contributed by atoms with Crippen molar-refractivity contribution in [2.45, 2.75) is 0 Å². The standard InChI is InChI=1S/C21H17ClN2O2/c1-25-18-9-14(10-19(12-18)26-2)21-11-15-13-23-8-7-20(15)24(21)17-5-3-16(22)4-6-17/h3-13H,1-2H3. The van der Waals surface area contributed by atoms with Gasteiger partial charge in [-0.15, -0.1) is 0 Å². The van der Waals surface area contributed by atoms with Crippen molar-refractivity contribution in [1.82, 2.24) is 9.55 Å². The summed E-state index contributed by atoms with van der Waals surface area (Å²) in [5.41, 5.74) is 4.10. The highest BCUT2D eigenvalue weighted by molar-refractivity contribution is 6.30. The summed E-state index contributed by atoms with van der Waals surface area (Å²) in [6.45, 7) is 0. The summed E-state index contributed by atoms with van der Waals surface area (Å²) in [6, 6.07) is 17.8. The summed E-state index contributed by atoms with van der Waals surface area (Å²) in [5.74, 6) is 1.48. The average molecular weight is 365 g/mol. The molecule has 0 fully saturated rings. The minimum absolute atomic E-state index is 0.705. The fraction of sp³-hybridized carbons (Fsp3) is 0.0952. The van der Waals surface area contributed by atoms with Gasteiger partial charge in [0, 0.05) is 40.1 Å². The van der Waals surface area contributed by atoms with Crippen molar-refractivity contribution < 1.29 is 9.47 Å². The lowest BCUT2D eigenvalue weighted by atomic mass is 10.1. The van der Waals surface area contributed by atoms with Crippen LogP contribution in [0.5, 0.6) is 11.5 Å². The number of ether oxygens (including phenoxy) is 2. The summed E-state index contributed by atoms with van der Waals surface area (Å²) in [6.07, 6.45) is 3.66. The lowest BCUT2D eigenvalue weighted by molar-refractivity contribution is 0.394. The Morgan fingerprint density at radius 2 is 1.58 bits per heavy atom. The Bertz CT molecular complexity index is 1050. The largest absolute Gasteiger partial charge is 0.497 e. The van der Waals surface area contributed by atoms with Gasteiger partial charge in [-0.05, 0) is 48.5 Å². The summed E-state index contributed by atoms with van der Waals surface area (Å²) in [5, 5.41) is 1.76. The predicted molar refractivity (Wildman–Crippen MR) is 105 cm³/mol. The van der Waals surface area contributed by atoms with Crippen molar-refractivity contribution in [2.24, 2.45) is 0 Å². The number of benzene rings is 2. The van der Waals surface area contributed by atoms with Gasteiger partial charge in [0.25, 0.3) is 0 Å². The van der Waals surface area contributed by atoms with Gasteiger partial charge < -0.3 is 14.0 Å². The Balaban J connectivity index is 2.01. The fourth-order valence-corrected chi connectivity index (χ4v) is 3.22. The molecule has 4 rings (SSSR count). The first-order valence-electron chi connectivity index (χ1n) is 8.14. The molecule has 5 heteroatoms. The van der Waals surface area contributed by atoms with E-state index in [9.17, 15) is 0 Å². The van der Waals surface area contributed by atoms with E-state index < -0.39 is 0 Å². The maximum absolute atomic E-state index is 6.07. The molecule has 0 aliphatic carbocycles. The normalized spacial score (nSPS) is 10.9. The highest BCUT2D eigenvalue weighted by Gasteiger charge is 2.14. The first-order chi connectivity index (χ1) is 12.7. The number of hydrogen-bond donors (Lipinski definition) is 0. The van der Waals surface area contributed by atoms with E-state index in [1.807, 2.05) is 54.7 Å². The van der Waals surface area contributed by atoms with Crippen LogP contribution in [0.1, 0.15) is 0 Å². The van der Waals surface area contributed by atoms with Crippen LogP contribution in [0.4, 0.5) is 0 Å². The van der Waals surface area contributed by atoms with Crippen molar-refractivity contribution in [3.8, 4) is 28.4 Å². The molecule has 26 heavy (non-hydrogen) atoms. The lowest BCUT2D eigenvalue weighted by Gasteiger charge is -2.13. The molecule has 0 unspecified atom stereocenters. The van der Waals surface area contributed by atoms with Gasteiger partial charge in [0.1, 0.15) is 11.5 Å². The second-order valence-electron chi connectivity index (χ2n) is 5.88. The molecule has 0 aliphatic rings. The van der Waals surface area contributed by atoms with Crippen LogP contribution in [-0.2, 0) is 0 Å². The summed E-state index contributed by atoms with van der Waals surface area (Å²) in [7, 11) is 3.30. The molecular weight excluding hydrogens is 348 g/mol. The van der Waals surface area contributed by atoms with E-state index in [-0.39, 0.29) is 0 Å². The third kappa shape index (κ3) is 2.89. The van der Waals surface area contributed by atoms with E-state index in [1.54, 1.807) is 20.4 Å². The second-order valence-corrected chi connectivity index (χ2v) is 6.31. The number of nitrogens with zero attached hydrogens (tertiary/aromatic N) is 2. The Morgan fingerprint density at radius 1 is 0.885 bits per heavy atom. The number of aromatic nitrogens is 2. The number of halogens is 1. The molecule has 2 heterocycles. The van der Waals surface area contributed by atoms with E-state index in [2.05, 4.69) is 15.6 Å². The molecule has 0 atom stereocenters. The first-order valence-corrected chi connectivity index (χ1v) is 8.52. The van der Waals surface area contributed by atoms with Crippen LogP contribution in [0, 0.1) is 0 Å². The highest BCUT2D eigenvalue weighted by atomic mass is 35.5. The minimum Gasteiger partial charge on any atom is -0.497 e. The third-order valence-electron chi connectivity index (χ3n) is 4.33.